The molecule has 0 aromatic carbocycles. The van der Waals surface area contributed by atoms with E-state index in [1.807, 2.05) is 13.8 Å². The molecule has 0 atom stereocenters. The summed E-state index contributed by atoms with van der Waals surface area (Å²) in [6.07, 6.45) is 3.93. The molecule has 6 nitrogen and oxygen atoms in total. The van der Waals surface area contributed by atoms with E-state index in [0.717, 1.165) is 12.2 Å². The van der Waals surface area contributed by atoms with Gasteiger partial charge in [0.1, 0.15) is 5.82 Å². The van der Waals surface area contributed by atoms with Crippen LogP contribution < -0.4 is 5.32 Å². The van der Waals surface area contributed by atoms with Crippen molar-refractivity contribution in [3.05, 3.63) is 18.2 Å². The molecule has 0 unspecified atom stereocenters. The van der Waals surface area contributed by atoms with Gasteiger partial charge in [0.15, 0.2) is 0 Å². The minimum Gasteiger partial charge on any atom is -0.389 e. The van der Waals surface area contributed by atoms with Gasteiger partial charge in [-0.2, -0.15) is 0 Å². The van der Waals surface area contributed by atoms with Crippen molar-refractivity contribution in [2.45, 2.75) is 39.7 Å². The van der Waals surface area contributed by atoms with Crippen LogP contribution in [0.15, 0.2) is 12.4 Å². The first kappa shape index (κ1) is 15.4. The molecule has 1 heterocycles. The highest BCUT2D eigenvalue weighted by atomic mass is 16.3. The van der Waals surface area contributed by atoms with Gasteiger partial charge < -0.3 is 15.3 Å². The normalized spacial score (nSPS) is 11.2. The maximum absolute atomic E-state index is 12.0. The van der Waals surface area contributed by atoms with Crippen LogP contribution in [-0.2, 0) is 6.42 Å². The van der Waals surface area contributed by atoms with Crippen LogP contribution in [0.5, 0.6) is 0 Å². The third-order valence-corrected chi connectivity index (χ3v) is 2.52. The Balaban J connectivity index is 2.65. The molecule has 1 rings (SSSR count). The number of aliphatic hydroxyl groups is 1. The van der Waals surface area contributed by atoms with Crippen molar-refractivity contribution in [3.8, 4) is 0 Å². The molecule has 1 aromatic rings. The van der Waals surface area contributed by atoms with Crippen molar-refractivity contribution >= 4 is 11.7 Å². The number of aryl methyl sites for hydroxylation is 1. The Kier molecular flexibility index (Phi) is 5.23. The number of nitrogens with one attached hydrogen (secondary N) is 1. The predicted octanol–water partition coefficient (Wildman–Crippen LogP) is 1.66. The van der Waals surface area contributed by atoms with Gasteiger partial charge in [-0.25, -0.2) is 14.8 Å². The molecular formula is C13H22N4O2. The van der Waals surface area contributed by atoms with Crippen LogP contribution in [0.4, 0.5) is 10.5 Å². The van der Waals surface area contributed by atoms with E-state index in [9.17, 15) is 9.90 Å². The summed E-state index contributed by atoms with van der Waals surface area (Å²) < 4.78 is 0. The van der Waals surface area contributed by atoms with Crippen LogP contribution in [0, 0.1) is 0 Å². The highest BCUT2D eigenvalue weighted by Crippen LogP contribution is 2.09. The Bertz CT molecular complexity index is 412. The van der Waals surface area contributed by atoms with Crippen LogP contribution >= 0.6 is 0 Å². The summed E-state index contributed by atoms with van der Waals surface area (Å²) >= 11 is 0. The van der Waals surface area contributed by atoms with Gasteiger partial charge in [-0.05, 0) is 20.8 Å². The zero-order valence-electron chi connectivity index (χ0n) is 12.0. The molecule has 2 N–H and O–H groups in total. The van der Waals surface area contributed by atoms with Gasteiger partial charge in [-0.3, -0.25) is 0 Å². The minimum atomic E-state index is -0.921. The fourth-order valence-corrected chi connectivity index (χ4v) is 1.60. The van der Waals surface area contributed by atoms with E-state index >= 15 is 0 Å². The van der Waals surface area contributed by atoms with Gasteiger partial charge in [0.05, 0.1) is 30.2 Å². The lowest BCUT2D eigenvalue weighted by molar-refractivity contribution is 0.0501. The van der Waals surface area contributed by atoms with E-state index in [1.54, 1.807) is 26.2 Å². The minimum absolute atomic E-state index is 0.266. The van der Waals surface area contributed by atoms with Gasteiger partial charge in [0.25, 0.3) is 0 Å². The molecule has 0 aliphatic carbocycles. The van der Waals surface area contributed by atoms with Crippen LogP contribution in [-0.4, -0.2) is 44.7 Å². The van der Waals surface area contributed by atoms with E-state index in [0.29, 0.717) is 12.2 Å². The second kappa shape index (κ2) is 6.47. The first-order valence-electron chi connectivity index (χ1n) is 6.45. The monoisotopic (exact) mass is 266 g/mol. The molecule has 0 aliphatic rings. The number of anilines is 1. The number of amides is 2. The average Bonchev–Trinajstić information content (AvgIpc) is 2.35. The van der Waals surface area contributed by atoms with E-state index in [2.05, 4.69) is 15.3 Å². The molecule has 19 heavy (non-hydrogen) atoms. The van der Waals surface area contributed by atoms with Gasteiger partial charge in [-0.15, -0.1) is 0 Å². The van der Waals surface area contributed by atoms with Gasteiger partial charge >= 0.3 is 6.03 Å². The SMILES string of the molecule is CCc1ncc(NC(=O)N(CC)CC(C)(C)O)cn1. The van der Waals surface area contributed by atoms with Gasteiger partial charge in [-0.1, -0.05) is 6.92 Å². The number of urea groups is 1. The molecule has 0 radical (unpaired) electrons. The summed E-state index contributed by atoms with van der Waals surface area (Å²) in [5.74, 6) is 0.738. The third kappa shape index (κ3) is 5.21. The Morgan fingerprint density at radius 3 is 2.37 bits per heavy atom. The first-order chi connectivity index (χ1) is 8.85. The Morgan fingerprint density at radius 2 is 1.95 bits per heavy atom. The summed E-state index contributed by atoms with van der Waals surface area (Å²) in [6.45, 7) is 7.95. The number of rotatable bonds is 5. The second-order valence-electron chi connectivity index (χ2n) is 5.00. The predicted molar refractivity (Wildman–Crippen MR) is 74.0 cm³/mol. The zero-order valence-corrected chi connectivity index (χ0v) is 12.0. The van der Waals surface area contributed by atoms with Crippen molar-refractivity contribution < 1.29 is 9.90 Å². The molecule has 106 valence electrons. The van der Waals surface area contributed by atoms with E-state index in [-0.39, 0.29) is 12.6 Å². The maximum Gasteiger partial charge on any atom is 0.322 e. The number of aromatic nitrogens is 2. The van der Waals surface area contributed by atoms with Crippen LogP contribution in [0.2, 0.25) is 0 Å². The smallest absolute Gasteiger partial charge is 0.322 e. The molecule has 1 aromatic heterocycles. The first-order valence-corrected chi connectivity index (χ1v) is 6.45. The summed E-state index contributed by atoms with van der Waals surface area (Å²) in [4.78, 5) is 21.8. The highest BCUT2D eigenvalue weighted by Gasteiger charge is 2.21. The van der Waals surface area contributed by atoms with Crippen LogP contribution in [0.3, 0.4) is 0 Å². The molecule has 6 heteroatoms. The van der Waals surface area contributed by atoms with Crippen molar-refractivity contribution in [2.24, 2.45) is 0 Å². The number of carbonyl (C=O) groups excluding carboxylic acids is 1. The van der Waals surface area contributed by atoms with E-state index < -0.39 is 5.60 Å². The zero-order chi connectivity index (χ0) is 14.5. The number of nitrogens with zero attached hydrogens (tertiary/aromatic N) is 3. The van der Waals surface area contributed by atoms with Gasteiger partial charge in [0, 0.05) is 13.0 Å². The Labute approximate surface area is 113 Å². The number of hydrogen-bond acceptors (Lipinski definition) is 4. The largest absolute Gasteiger partial charge is 0.389 e. The van der Waals surface area contributed by atoms with Crippen molar-refractivity contribution in [1.82, 2.24) is 14.9 Å². The lowest BCUT2D eigenvalue weighted by Gasteiger charge is -2.28. The fourth-order valence-electron chi connectivity index (χ4n) is 1.60. The average molecular weight is 266 g/mol. The second-order valence-corrected chi connectivity index (χ2v) is 5.00. The van der Waals surface area contributed by atoms with Crippen LogP contribution in [0.25, 0.3) is 0 Å². The Morgan fingerprint density at radius 1 is 1.37 bits per heavy atom. The van der Waals surface area contributed by atoms with E-state index in [1.165, 1.54) is 4.90 Å². The molecule has 0 aliphatic heterocycles. The molecule has 0 saturated carbocycles. The standard InChI is InChI=1S/C13H22N4O2/c1-5-11-14-7-10(8-15-11)16-12(18)17(6-2)9-13(3,4)19/h7-8,19H,5-6,9H2,1-4H3,(H,16,18). The molecule has 0 spiro atoms. The summed E-state index contributed by atoms with van der Waals surface area (Å²) in [5, 5.41) is 12.5. The topological polar surface area (TPSA) is 78.4 Å². The number of hydrogen-bond donors (Lipinski definition) is 2. The fraction of sp³-hybridized carbons (Fsp3) is 0.615. The van der Waals surface area contributed by atoms with Crippen LogP contribution in [0.1, 0.15) is 33.5 Å². The van der Waals surface area contributed by atoms with Crippen molar-refractivity contribution in [1.29, 1.82) is 0 Å². The quantitative estimate of drug-likeness (QED) is 0.849. The molecular weight excluding hydrogens is 244 g/mol. The Hall–Kier alpha value is -1.69. The third-order valence-electron chi connectivity index (χ3n) is 2.52. The van der Waals surface area contributed by atoms with Gasteiger partial charge in [0.2, 0.25) is 0 Å². The van der Waals surface area contributed by atoms with Crippen molar-refractivity contribution in [2.75, 3.05) is 18.4 Å². The molecule has 0 saturated heterocycles. The molecule has 0 fully saturated rings. The highest BCUT2D eigenvalue weighted by molar-refractivity contribution is 5.88. The lowest BCUT2D eigenvalue weighted by Crippen LogP contribution is -2.44. The maximum atomic E-state index is 12.0. The number of likely N-dealkylation sites (N-methyl/N-ethyl adjacent to an activating group) is 1. The lowest BCUT2D eigenvalue weighted by atomic mass is 10.1. The molecule has 0 bridgehead atoms. The molecule has 2 amide bonds. The van der Waals surface area contributed by atoms with E-state index in [4.69, 9.17) is 0 Å². The number of carbonyl (C=O) groups is 1. The summed E-state index contributed by atoms with van der Waals surface area (Å²) in [5.41, 5.74) is -0.368. The summed E-state index contributed by atoms with van der Waals surface area (Å²) in [6, 6.07) is -0.266. The van der Waals surface area contributed by atoms with Crippen molar-refractivity contribution in [3.63, 3.8) is 0 Å². The summed E-state index contributed by atoms with van der Waals surface area (Å²) in [7, 11) is 0.